The minimum absolute atomic E-state index is 0.254. The number of ether oxygens (including phenoxy) is 2. The van der Waals surface area contributed by atoms with Crippen LogP contribution in [-0.2, 0) is 24.1 Å². The van der Waals surface area contributed by atoms with Crippen LogP contribution in [0, 0.1) is 0 Å². The molecule has 128 valence electrons. The Bertz CT molecular complexity index is 703. The van der Waals surface area contributed by atoms with E-state index in [0.717, 1.165) is 25.1 Å². The Kier molecular flexibility index (Phi) is 4.98. The lowest BCUT2D eigenvalue weighted by Gasteiger charge is -2.11. The highest BCUT2D eigenvalue weighted by molar-refractivity contribution is 5.92. The minimum atomic E-state index is -0.463. The van der Waals surface area contributed by atoms with E-state index in [9.17, 15) is 4.79 Å². The van der Waals surface area contributed by atoms with Crippen molar-refractivity contribution in [1.82, 2.24) is 14.5 Å². The lowest BCUT2D eigenvalue weighted by molar-refractivity contribution is 0.0596. The maximum Gasteiger partial charge on any atom is 0.343 e. The molecule has 0 bridgehead atoms. The summed E-state index contributed by atoms with van der Waals surface area (Å²) in [6, 6.07) is 3.39. The SMILES string of the molecule is COC(=O)c1ccc(NCCc2cn3c(n2)CCCC3)nc1OC. The van der Waals surface area contributed by atoms with Gasteiger partial charge in [-0.15, -0.1) is 0 Å². The summed E-state index contributed by atoms with van der Waals surface area (Å²) >= 11 is 0. The lowest BCUT2D eigenvalue weighted by Crippen LogP contribution is -2.10. The van der Waals surface area contributed by atoms with Crippen LogP contribution in [0.15, 0.2) is 18.3 Å². The second-order valence-electron chi connectivity index (χ2n) is 5.72. The summed E-state index contributed by atoms with van der Waals surface area (Å²) in [4.78, 5) is 20.6. The molecule has 7 nitrogen and oxygen atoms in total. The maximum atomic E-state index is 11.6. The highest BCUT2D eigenvalue weighted by Crippen LogP contribution is 2.19. The van der Waals surface area contributed by atoms with Gasteiger partial charge in [-0.3, -0.25) is 0 Å². The minimum Gasteiger partial charge on any atom is -0.480 e. The molecule has 0 atom stereocenters. The van der Waals surface area contributed by atoms with Crippen molar-refractivity contribution in [1.29, 1.82) is 0 Å². The predicted molar refractivity (Wildman–Crippen MR) is 89.5 cm³/mol. The van der Waals surface area contributed by atoms with Crippen LogP contribution in [0.4, 0.5) is 5.82 Å². The number of nitrogens with one attached hydrogen (secondary N) is 1. The molecule has 1 aliphatic rings. The van der Waals surface area contributed by atoms with Crippen molar-refractivity contribution < 1.29 is 14.3 Å². The first-order valence-electron chi connectivity index (χ1n) is 8.13. The number of hydrogen-bond donors (Lipinski definition) is 1. The van der Waals surface area contributed by atoms with E-state index in [1.807, 2.05) is 0 Å². The van der Waals surface area contributed by atoms with Crippen LogP contribution in [0.5, 0.6) is 5.88 Å². The Balaban J connectivity index is 1.60. The zero-order valence-corrected chi connectivity index (χ0v) is 14.0. The van der Waals surface area contributed by atoms with E-state index in [-0.39, 0.29) is 5.88 Å². The zero-order chi connectivity index (χ0) is 16.9. The van der Waals surface area contributed by atoms with Crippen molar-refractivity contribution in [3.8, 4) is 5.88 Å². The quantitative estimate of drug-likeness (QED) is 0.817. The molecule has 0 fully saturated rings. The van der Waals surface area contributed by atoms with Gasteiger partial charge in [0.1, 0.15) is 17.2 Å². The lowest BCUT2D eigenvalue weighted by atomic mass is 10.2. The largest absolute Gasteiger partial charge is 0.480 e. The van der Waals surface area contributed by atoms with Gasteiger partial charge < -0.3 is 19.4 Å². The standard InChI is InChI=1S/C17H22N4O3/c1-23-16-13(17(22)24-2)6-7-14(20-16)18-9-8-12-11-21-10-4-3-5-15(21)19-12/h6-7,11H,3-5,8-10H2,1-2H3,(H,18,20). The van der Waals surface area contributed by atoms with Crippen LogP contribution in [0.25, 0.3) is 0 Å². The molecule has 2 aromatic rings. The molecule has 0 saturated heterocycles. The van der Waals surface area contributed by atoms with Crippen LogP contribution >= 0.6 is 0 Å². The smallest absolute Gasteiger partial charge is 0.343 e. The number of esters is 1. The average Bonchev–Trinajstić information content (AvgIpc) is 3.03. The molecule has 2 aromatic heterocycles. The van der Waals surface area contributed by atoms with Crippen LogP contribution in [0.2, 0.25) is 0 Å². The number of pyridine rings is 1. The predicted octanol–water partition coefficient (Wildman–Crippen LogP) is 2.06. The van der Waals surface area contributed by atoms with Crippen molar-refractivity contribution in [2.75, 3.05) is 26.1 Å². The summed E-state index contributed by atoms with van der Waals surface area (Å²) < 4.78 is 12.1. The molecule has 0 spiro atoms. The van der Waals surface area contributed by atoms with Gasteiger partial charge in [0.05, 0.1) is 19.9 Å². The number of imidazole rings is 1. The molecule has 1 N–H and O–H groups in total. The summed E-state index contributed by atoms with van der Waals surface area (Å²) in [5.74, 6) is 1.64. The maximum absolute atomic E-state index is 11.6. The molecule has 24 heavy (non-hydrogen) atoms. The molecule has 1 aliphatic heterocycles. The van der Waals surface area contributed by atoms with Crippen molar-refractivity contribution in [2.24, 2.45) is 0 Å². The van der Waals surface area contributed by atoms with E-state index >= 15 is 0 Å². The van der Waals surface area contributed by atoms with E-state index in [0.29, 0.717) is 17.9 Å². The number of aromatic nitrogens is 3. The van der Waals surface area contributed by atoms with E-state index < -0.39 is 5.97 Å². The Morgan fingerprint density at radius 1 is 1.29 bits per heavy atom. The Hall–Kier alpha value is -2.57. The molecule has 7 heteroatoms. The average molecular weight is 330 g/mol. The van der Waals surface area contributed by atoms with Gasteiger partial charge in [0.25, 0.3) is 0 Å². The summed E-state index contributed by atoms with van der Waals surface area (Å²) in [7, 11) is 2.81. The molecule has 0 unspecified atom stereocenters. The fourth-order valence-corrected chi connectivity index (χ4v) is 2.87. The topological polar surface area (TPSA) is 78.3 Å². The third-order valence-electron chi connectivity index (χ3n) is 4.10. The molecule has 3 rings (SSSR count). The molecular weight excluding hydrogens is 308 g/mol. The normalized spacial score (nSPS) is 13.2. The second-order valence-corrected chi connectivity index (χ2v) is 5.72. The summed E-state index contributed by atoms with van der Waals surface area (Å²) in [5.41, 5.74) is 1.41. The number of hydrogen-bond acceptors (Lipinski definition) is 6. The number of fused-ring (bicyclic) bond motifs is 1. The van der Waals surface area contributed by atoms with Gasteiger partial charge in [0, 0.05) is 32.1 Å². The molecule has 0 aliphatic carbocycles. The van der Waals surface area contributed by atoms with Crippen LogP contribution < -0.4 is 10.1 Å². The second kappa shape index (κ2) is 7.33. The molecular formula is C17H22N4O3. The first-order chi connectivity index (χ1) is 11.7. The van der Waals surface area contributed by atoms with Gasteiger partial charge >= 0.3 is 5.97 Å². The summed E-state index contributed by atoms with van der Waals surface area (Å²) in [6.07, 6.45) is 6.50. The monoisotopic (exact) mass is 330 g/mol. The first-order valence-corrected chi connectivity index (χ1v) is 8.13. The Morgan fingerprint density at radius 2 is 2.17 bits per heavy atom. The van der Waals surface area contributed by atoms with Crippen molar-refractivity contribution in [3.05, 3.63) is 35.4 Å². The number of anilines is 1. The van der Waals surface area contributed by atoms with Gasteiger partial charge in [-0.1, -0.05) is 0 Å². The fourth-order valence-electron chi connectivity index (χ4n) is 2.87. The van der Waals surface area contributed by atoms with E-state index in [1.165, 1.54) is 32.9 Å². The van der Waals surface area contributed by atoms with Crippen molar-refractivity contribution >= 4 is 11.8 Å². The highest BCUT2D eigenvalue weighted by atomic mass is 16.5. The Morgan fingerprint density at radius 3 is 2.92 bits per heavy atom. The number of carbonyl (C=O) groups excluding carboxylic acids is 1. The Labute approximate surface area is 141 Å². The highest BCUT2D eigenvalue weighted by Gasteiger charge is 2.15. The summed E-state index contributed by atoms with van der Waals surface area (Å²) in [6.45, 7) is 1.79. The molecule has 0 aromatic carbocycles. The number of aryl methyl sites for hydroxylation is 2. The van der Waals surface area contributed by atoms with E-state index in [4.69, 9.17) is 9.47 Å². The molecule has 0 radical (unpaired) electrons. The number of rotatable bonds is 6. The fraction of sp³-hybridized carbons (Fsp3) is 0.471. The number of nitrogens with zero attached hydrogens (tertiary/aromatic N) is 3. The van der Waals surface area contributed by atoms with E-state index in [2.05, 4.69) is 26.0 Å². The van der Waals surface area contributed by atoms with Crippen LogP contribution in [0.3, 0.4) is 0 Å². The third kappa shape index (κ3) is 3.50. The number of methoxy groups -OCH3 is 2. The third-order valence-corrected chi connectivity index (χ3v) is 4.10. The van der Waals surface area contributed by atoms with Gasteiger partial charge in [-0.25, -0.2) is 9.78 Å². The van der Waals surface area contributed by atoms with Crippen molar-refractivity contribution in [2.45, 2.75) is 32.2 Å². The molecule has 0 amide bonds. The van der Waals surface area contributed by atoms with Crippen LogP contribution in [0.1, 0.15) is 34.7 Å². The first kappa shape index (κ1) is 16.3. The molecule has 3 heterocycles. The van der Waals surface area contributed by atoms with Gasteiger partial charge in [-0.05, 0) is 25.0 Å². The van der Waals surface area contributed by atoms with Gasteiger partial charge in [0.2, 0.25) is 5.88 Å². The van der Waals surface area contributed by atoms with E-state index in [1.54, 1.807) is 12.1 Å². The van der Waals surface area contributed by atoms with Crippen molar-refractivity contribution in [3.63, 3.8) is 0 Å². The summed E-state index contributed by atoms with van der Waals surface area (Å²) in [5, 5.41) is 3.24. The number of carbonyl (C=O) groups is 1. The zero-order valence-electron chi connectivity index (χ0n) is 14.0. The molecule has 0 saturated carbocycles. The van der Waals surface area contributed by atoms with Crippen LogP contribution in [-0.4, -0.2) is 41.3 Å². The van der Waals surface area contributed by atoms with Gasteiger partial charge in [-0.2, -0.15) is 4.98 Å². The van der Waals surface area contributed by atoms with Gasteiger partial charge in [0.15, 0.2) is 0 Å².